The molecule has 1 aromatic heterocycles. The van der Waals surface area contributed by atoms with Crippen molar-refractivity contribution in [1.29, 1.82) is 0 Å². The highest BCUT2D eigenvalue weighted by Crippen LogP contribution is 2.26. The quantitative estimate of drug-likeness (QED) is 0.662. The number of carbonyl (C=O) groups excluding carboxylic acids is 2. The summed E-state index contributed by atoms with van der Waals surface area (Å²) in [6.45, 7) is 8.14. The Morgan fingerprint density at radius 2 is 1.53 bits per heavy atom. The van der Waals surface area contributed by atoms with Crippen LogP contribution < -0.4 is 0 Å². The molecule has 2 heterocycles. The molecule has 5 heteroatoms. The third kappa shape index (κ3) is 3.92. The first kappa shape index (κ1) is 20.1. The van der Waals surface area contributed by atoms with Crippen molar-refractivity contribution in [3.8, 4) is 11.3 Å². The van der Waals surface area contributed by atoms with Crippen molar-refractivity contribution < 1.29 is 9.59 Å². The Hall–Kier alpha value is -3.21. The van der Waals surface area contributed by atoms with Crippen molar-refractivity contribution in [3.05, 3.63) is 65.7 Å². The number of fused-ring (bicyclic) bond motifs is 1. The molecule has 0 spiro atoms. The Morgan fingerprint density at radius 3 is 2.20 bits per heavy atom. The molecule has 2 amide bonds. The highest BCUT2D eigenvalue weighted by molar-refractivity contribution is 6.07. The van der Waals surface area contributed by atoms with Crippen LogP contribution in [-0.2, 0) is 4.79 Å². The zero-order valence-corrected chi connectivity index (χ0v) is 17.8. The summed E-state index contributed by atoms with van der Waals surface area (Å²) in [5.41, 5.74) is 4.45. The number of hydrogen-bond donors (Lipinski definition) is 0. The molecule has 0 aliphatic carbocycles. The first-order valence-corrected chi connectivity index (χ1v) is 10.5. The van der Waals surface area contributed by atoms with Crippen LogP contribution in [0.25, 0.3) is 22.2 Å². The van der Waals surface area contributed by atoms with Crippen LogP contribution in [0.5, 0.6) is 0 Å². The minimum absolute atomic E-state index is 0.00129. The second-order valence-electron chi connectivity index (χ2n) is 8.21. The third-order valence-corrected chi connectivity index (χ3v) is 5.67. The number of aryl methyl sites for hydroxylation is 1. The zero-order valence-electron chi connectivity index (χ0n) is 17.8. The first-order valence-electron chi connectivity index (χ1n) is 10.5. The Kier molecular flexibility index (Phi) is 5.53. The number of pyridine rings is 1. The van der Waals surface area contributed by atoms with E-state index in [1.807, 2.05) is 66.1 Å². The molecule has 3 aromatic rings. The summed E-state index contributed by atoms with van der Waals surface area (Å²) >= 11 is 0. The van der Waals surface area contributed by atoms with Crippen molar-refractivity contribution in [2.75, 3.05) is 26.2 Å². The third-order valence-electron chi connectivity index (χ3n) is 5.67. The van der Waals surface area contributed by atoms with Crippen molar-refractivity contribution in [1.82, 2.24) is 14.8 Å². The minimum Gasteiger partial charge on any atom is -0.339 e. The molecule has 1 saturated heterocycles. The number of benzene rings is 2. The summed E-state index contributed by atoms with van der Waals surface area (Å²) < 4.78 is 0. The van der Waals surface area contributed by atoms with E-state index in [1.165, 1.54) is 5.56 Å². The molecule has 30 heavy (non-hydrogen) atoms. The Balaban J connectivity index is 1.65. The number of para-hydroxylation sites is 1. The number of nitrogens with zero attached hydrogens (tertiary/aromatic N) is 3. The zero-order chi connectivity index (χ0) is 21.3. The number of carbonyl (C=O) groups is 2. The van der Waals surface area contributed by atoms with Gasteiger partial charge in [0.05, 0.1) is 16.8 Å². The van der Waals surface area contributed by atoms with E-state index < -0.39 is 0 Å². The fourth-order valence-electron chi connectivity index (χ4n) is 3.89. The Morgan fingerprint density at radius 1 is 0.900 bits per heavy atom. The van der Waals surface area contributed by atoms with E-state index in [0.29, 0.717) is 31.7 Å². The maximum atomic E-state index is 13.5. The van der Waals surface area contributed by atoms with Crippen LogP contribution in [0.2, 0.25) is 0 Å². The lowest BCUT2D eigenvalue weighted by atomic mass is 10.0. The van der Waals surface area contributed by atoms with Gasteiger partial charge in [-0.2, -0.15) is 0 Å². The van der Waals surface area contributed by atoms with Gasteiger partial charge in [-0.15, -0.1) is 0 Å². The average Bonchev–Trinajstić information content (AvgIpc) is 2.78. The lowest BCUT2D eigenvalue weighted by molar-refractivity contribution is -0.135. The molecule has 0 atom stereocenters. The molecule has 2 aromatic carbocycles. The lowest BCUT2D eigenvalue weighted by Crippen LogP contribution is -2.51. The predicted molar refractivity (Wildman–Crippen MR) is 119 cm³/mol. The maximum Gasteiger partial charge on any atom is 0.254 e. The van der Waals surface area contributed by atoms with E-state index in [4.69, 9.17) is 4.98 Å². The second kappa shape index (κ2) is 8.27. The SMILES string of the molecule is Cc1ccc(-c2cc(C(=O)N3CCN(C(=O)C(C)C)CC3)c3ccccc3n2)cc1. The van der Waals surface area contributed by atoms with Crippen molar-refractivity contribution in [2.24, 2.45) is 5.92 Å². The van der Waals surface area contributed by atoms with E-state index in [1.54, 1.807) is 0 Å². The van der Waals surface area contributed by atoms with Crippen LogP contribution >= 0.6 is 0 Å². The van der Waals surface area contributed by atoms with Gasteiger partial charge in [0.2, 0.25) is 5.91 Å². The van der Waals surface area contributed by atoms with E-state index in [9.17, 15) is 9.59 Å². The van der Waals surface area contributed by atoms with Crippen molar-refractivity contribution in [2.45, 2.75) is 20.8 Å². The number of aromatic nitrogens is 1. The molecule has 154 valence electrons. The van der Waals surface area contributed by atoms with Crippen LogP contribution in [0.3, 0.4) is 0 Å². The molecule has 0 unspecified atom stereocenters. The molecule has 0 saturated carbocycles. The van der Waals surface area contributed by atoms with Crippen molar-refractivity contribution >= 4 is 22.7 Å². The van der Waals surface area contributed by atoms with Crippen LogP contribution in [0.4, 0.5) is 0 Å². The van der Waals surface area contributed by atoms with Crippen LogP contribution in [-0.4, -0.2) is 52.8 Å². The highest BCUT2D eigenvalue weighted by atomic mass is 16.2. The molecular weight excluding hydrogens is 374 g/mol. The molecular formula is C25H27N3O2. The molecule has 0 N–H and O–H groups in total. The second-order valence-corrected chi connectivity index (χ2v) is 8.21. The monoisotopic (exact) mass is 401 g/mol. The molecule has 1 fully saturated rings. The van der Waals surface area contributed by atoms with Crippen LogP contribution in [0.15, 0.2) is 54.6 Å². The number of hydrogen-bond acceptors (Lipinski definition) is 3. The molecule has 4 rings (SSSR count). The van der Waals surface area contributed by atoms with Gasteiger partial charge < -0.3 is 9.80 Å². The number of rotatable bonds is 3. The van der Waals surface area contributed by atoms with Gasteiger partial charge in [-0.3, -0.25) is 9.59 Å². The van der Waals surface area contributed by atoms with Crippen LogP contribution in [0.1, 0.15) is 29.8 Å². The summed E-state index contributed by atoms with van der Waals surface area (Å²) in [6, 6.07) is 17.9. The van der Waals surface area contributed by atoms with Gasteiger partial charge in [0.1, 0.15) is 0 Å². The van der Waals surface area contributed by atoms with Crippen molar-refractivity contribution in [3.63, 3.8) is 0 Å². The normalized spacial score (nSPS) is 14.4. The van der Waals surface area contributed by atoms with Gasteiger partial charge in [0, 0.05) is 43.0 Å². The minimum atomic E-state index is -0.0199. The van der Waals surface area contributed by atoms with Gasteiger partial charge in [-0.05, 0) is 19.1 Å². The lowest BCUT2D eigenvalue weighted by Gasteiger charge is -2.35. The predicted octanol–water partition coefficient (Wildman–Crippen LogP) is 4.15. The van der Waals surface area contributed by atoms with Gasteiger partial charge in [-0.1, -0.05) is 61.9 Å². The fourth-order valence-corrected chi connectivity index (χ4v) is 3.89. The largest absolute Gasteiger partial charge is 0.339 e. The Bertz CT molecular complexity index is 1080. The van der Waals surface area contributed by atoms with Crippen LogP contribution in [0, 0.1) is 12.8 Å². The van der Waals surface area contributed by atoms with Gasteiger partial charge in [0.25, 0.3) is 5.91 Å². The maximum absolute atomic E-state index is 13.5. The summed E-state index contributed by atoms with van der Waals surface area (Å²) in [5, 5.41) is 0.860. The summed E-state index contributed by atoms with van der Waals surface area (Å²) in [6.07, 6.45) is 0. The number of amides is 2. The smallest absolute Gasteiger partial charge is 0.254 e. The average molecular weight is 402 g/mol. The van der Waals surface area contributed by atoms with Gasteiger partial charge in [0.15, 0.2) is 0 Å². The Labute approximate surface area is 177 Å². The molecule has 1 aliphatic heterocycles. The van der Waals surface area contributed by atoms with E-state index in [2.05, 4.69) is 19.1 Å². The summed E-state index contributed by atoms with van der Waals surface area (Å²) in [5.74, 6) is 0.130. The first-order chi connectivity index (χ1) is 14.4. The summed E-state index contributed by atoms with van der Waals surface area (Å²) in [4.78, 5) is 34.2. The topological polar surface area (TPSA) is 53.5 Å². The standard InChI is InChI=1S/C25H27N3O2/c1-17(2)24(29)27-12-14-28(15-13-27)25(30)21-16-23(19-10-8-18(3)9-11-19)26-22-7-5-4-6-20(21)22/h4-11,16-17H,12-15H2,1-3H3. The van der Waals surface area contributed by atoms with Gasteiger partial charge >= 0.3 is 0 Å². The molecule has 5 nitrogen and oxygen atoms in total. The van der Waals surface area contributed by atoms with E-state index >= 15 is 0 Å². The van der Waals surface area contributed by atoms with E-state index in [-0.39, 0.29) is 17.7 Å². The summed E-state index contributed by atoms with van der Waals surface area (Å²) in [7, 11) is 0. The van der Waals surface area contributed by atoms with E-state index in [0.717, 1.165) is 22.2 Å². The molecule has 0 bridgehead atoms. The molecule has 1 aliphatic rings. The van der Waals surface area contributed by atoms with Gasteiger partial charge in [-0.25, -0.2) is 4.98 Å². The number of piperazine rings is 1. The highest BCUT2D eigenvalue weighted by Gasteiger charge is 2.27. The molecule has 0 radical (unpaired) electrons. The fraction of sp³-hybridized carbons (Fsp3) is 0.320.